The van der Waals surface area contributed by atoms with Crippen LogP contribution in [0.1, 0.15) is 36.3 Å². The Labute approximate surface area is 197 Å². The van der Waals surface area contributed by atoms with Gasteiger partial charge in [-0.25, -0.2) is 19.3 Å². The zero-order chi connectivity index (χ0) is 23.4. The number of nitrogens with one attached hydrogen (secondary N) is 2. The summed E-state index contributed by atoms with van der Waals surface area (Å²) in [5, 5.41) is 8.59. The number of halogens is 1. The molecule has 2 aliphatic rings. The number of anilines is 1. The van der Waals surface area contributed by atoms with Crippen molar-refractivity contribution in [1.29, 1.82) is 0 Å². The number of hydrogen-bond donors (Lipinski definition) is 2. The average Bonchev–Trinajstić information content (AvgIpc) is 3.51. The Balaban J connectivity index is 1.30. The lowest BCUT2D eigenvalue weighted by atomic mass is 10.0. The molecule has 4 aromatic heterocycles. The third kappa shape index (κ3) is 3.55. The minimum absolute atomic E-state index is 0.241. The van der Waals surface area contributed by atoms with Crippen molar-refractivity contribution < 1.29 is 8.91 Å². The summed E-state index contributed by atoms with van der Waals surface area (Å²) in [4.78, 5) is 19.8. The first-order chi connectivity index (χ1) is 16.5. The first-order valence-electron chi connectivity index (χ1n) is 11.9. The van der Waals surface area contributed by atoms with E-state index in [0.717, 1.165) is 69.8 Å². The molecule has 2 fully saturated rings. The van der Waals surface area contributed by atoms with Gasteiger partial charge in [-0.05, 0) is 57.7 Å². The van der Waals surface area contributed by atoms with E-state index in [1.807, 2.05) is 39.2 Å². The number of fused-ring (bicyclic) bond motifs is 1. The lowest BCUT2D eigenvalue weighted by molar-refractivity contribution is 0.0265. The van der Waals surface area contributed by atoms with E-state index in [-0.39, 0.29) is 6.04 Å². The highest BCUT2D eigenvalue weighted by molar-refractivity contribution is 5.94. The van der Waals surface area contributed by atoms with Crippen molar-refractivity contribution in [1.82, 2.24) is 30.0 Å². The third-order valence-corrected chi connectivity index (χ3v) is 7.18. The Hall–Kier alpha value is -3.33. The van der Waals surface area contributed by atoms with E-state index >= 15 is 0 Å². The van der Waals surface area contributed by atoms with E-state index in [4.69, 9.17) is 14.5 Å². The van der Waals surface area contributed by atoms with Crippen LogP contribution in [-0.2, 0) is 0 Å². The molecule has 5 heterocycles. The summed E-state index contributed by atoms with van der Waals surface area (Å²) in [5.74, 6) is 1.37. The van der Waals surface area contributed by atoms with Gasteiger partial charge in [-0.1, -0.05) is 5.16 Å². The Morgan fingerprint density at radius 3 is 2.76 bits per heavy atom. The minimum Gasteiger partial charge on any atom is -0.361 e. The normalized spacial score (nSPS) is 21.3. The van der Waals surface area contributed by atoms with Crippen molar-refractivity contribution in [3.63, 3.8) is 0 Å². The largest absolute Gasteiger partial charge is 0.361 e. The summed E-state index contributed by atoms with van der Waals surface area (Å²) in [6, 6.07) is 4.65. The number of aryl methyl sites for hydroxylation is 3. The number of likely N-dealkylation sites (tertiary alicyclic amines) is 1. The number of hydrogen-bond acceptors (Lipinski definition) is 7. The molecule has 9 heteroatoms. The summed E-state index contributed by atoms with van der Waals surface area (Å²) in [5.41, 5.74) is 6.22. The molecule has 34 heavy (non-hydrogen) atoms. The smallest absolute Gasteiger partial charge is 0.223 e. The fourth-order valence-corrected chi connectivity index (χ4v) is 5.41. The van der Waals surface area contributed by atoms with Gasteiger partial charge in [0.05, 0.1) is 22.6 Å². The molecule has 0 aromatic carbocycles. The second-order valence-electron chi connectivity index (χ2n) is 9.52. The monoisotopic (exact) mass is 461 g/mol. The second kappa shape index (κ2) is 8.16. The lowest BCUT2D eigenvalue weighted by Gasteiger charge is -2.41. The second-order valence-corrected chi connectivity index (χ2v) is 9.52. The third-order valence-electron chi connectivity index (χ3n) is 7.18. The number of aromatic amines is 1. The van der Waals surface area contributed by atoms with E-state index in [0.29, 0.717) is 25.1 Å². The molecule has 0 radical (unpaired) electrons. The standard InChI is InChI=1S/C25H28FN7O/c1-13-9-28-25(30-19-5-4-6-21(19)33-11-16(26)12-33)31-23(13)18-10-27-24-17(18)7-8-20(29-24)22-14(2)32-34-15(22)3/h7-10,16,19,21H,4-6,11-12H2,1-3H3,(H,27,29)(H,28,30,31)/t19-,21+/m0/s1. The molecule has 1 saturated carbocycles. The molecular weight excluding hydrogens is 433 g/mol. The summed E-state index contributed by atoms with van der Waals surface area (Å²) < 4.78 is 18.7. The van der Waals surface area contributed by atoms with Gasteiger partial charge in [-0.3, -0.25) is 4.90 Å². The van der Waals surface area contributed by atoms with Crippen LogP contribution < -0.4 is 5.32 Å². The molecule has 2 N–H and O–H groups in total. The van der Waals surface area contributed by atoms with Crippen LogP contribution in [0.3, 0.4) is 0 Å². The summed E-state index contributed by atoms with van der Waals surface area (Å²) in [6.45, 7) is 6.92. The molecule has 1 aliphatic carbocycles. The Kier molecular flexibility index (Phi) is 5.09. The van der Waals surface area contributed by atoms with Crippen LogP contribution in [0.2, 0.25) is 0 Å². The SMILES string of the molecule is Cc1cnc(N[C@H]2CCC[C@H]2N2CC(F)C2)nc1-c1c[nH]c2nc(-c3c(C)noc3C)ccc12. The molecule has 0 unspecified atom stereocenters. The fourth-order valence-electron chi connectivity index (χ4n) is 5.41. The highest BCUT2D eigenvalue weighted by Crippen LogP contribution is 2.34. The maximum Gasteiger partial charge on any atom is 0.223 e. The van der Waals surface area contributed by atoms with Gasteiger partial charge in [0.15, 0.2) is 0 Å². The van der Waals surface area contributed by atoms with Crippen LogP contribution in [0.4, 0.5) is 10.3 Å². The van der Waals surface area contributed by atoms with Crippen LogP contribution in [-0.4, -0.2) is 61.3 Å². The van der Waals surface area contributed by atoms with Gasteiger partial charge in [-0.2, -0.15) is 0 Å². The van der Waals surface area contributed by atoms with E-state index in [9.17, 15) is 4.39 Å². The lowest BCUT2D eigenvalue weighted by Crippen LogP contribution is -2.56. The number of pyridine rings is 1. The number of rotatable bonds is 5. The van der Waals surface area contributed by atoms with Crippen LogP contribution in [0.5, 0.6) is 0 Å². The zero-order valence-corrected chi connectivity index (χ0v) is 19.6. The molecule has 6 rings (SSSR count). The first kappa shape index (κ1) is 21.2. The number of H-pyrrole nitrogens is 1. The zero-order valence-electron chi connectivity index (χ0n) is 19.6. The van der Waals surface area contributed by atoms with Crippen molar-refractivity contribution in [2.45, 2.75) is 58.3 Å². The Bertz CT molecular complexity index is 1340. The van der Waals surface area contributed by atoms with Gasteiger partial charge in [0.1, 0.15) is 17.6 Å². The van der Waals surface area contributed by atoms with Crippen LogP contribution in [0, 0.1) is 20.8 Å². The highest BCUT2D eigenvalue weighted by Gasteiger charge is 2.39. The van der Waals surface area contributed by atoms with Gasteiger partial charge < -0.3 is 14.8 Å². The molecular formula is C25H28FN7O. The summed E-state index contributed by atoms with van der Waals surface area (Å²) >= 11 is 0. The number of aromatic nitrogens is 5. The first-order valence-corrected chi connectivity index (χ1v) is 11.9. The molecule has 8 nitrogen and oxygen atoms in total. The maximum atomic E-state index is 13.4. The van der Waals surface area contributed by atoms with Crippen LogP contribution >= 0.6 is 0 Å². The minimum atomic E-state index is -0.683. The average molecular weight is 462 g/mol. The number of nitrogens with zero attached hydrogens (tertiary/aromatic N) is 5. The maximum absolute atomic E-state index is 13.4. The van der Waals surface area contributed by atoms with Crippen molar-refractivity contribution in [3.05, 3.63) is 41.5 Å². The van der Waals surface area contributed by atoms with E-state index in [2.05, 4.69) is 31.4 Å². The molecule has 1 aliphatic heterocycles. The predicted molar refractivity (Wildman–Crippen MR) is 128 cm³/mol. The van der Waals surface area contributed by atoms with Crippen molar-refractivity contribution >= 4 is 17.0 Å². The molecule has 4 aromatic rings. The van der Waals surface area contributed by atoms with Gasteiger partial charge in [0.2, 0.25) is 5.95 Å². The fraction of sp³-hybridized carbons (Fsp3) is 0.440. The van der Waals surface area contributed by atoms with Crippen molar-refractivity contribution in [3.8, 4) is 22.5 Å². The summed E-state index contributed by atoms with van der Waals surface area (Å²) in [6.07, 6.45) is 6.40. The van der Waals surface area contributed by atoms with Gasteiger partial charge in [-0.15, -0.1) is 0 Å². The van der Waals surface area contributed by atoms with E-state index in [1.54, 1.807) is 0 Å². The molecule has 2 atom stereocenters. The van der Waals surface area contributed by atoms with Crippen molar-refractivity contribution in [2.75, 3.05) is 18.4 Å². The molecule has 1 saturated heterocycles. The quantitative estimate of drug-likeness (QED) is 0.449. The van der Waals surface area contributed by atoms with Gasteiger partial charge >= 0.3 is 0 Å². The van der Waals surface area contributed by atoms with Crippen LogP contribution in [0.15, 0.2) is 29.0 Å². The van der Waals surface area contributed by atoms with Crippen molar-refractivity contribution in [2.24, 2.45) is 0 Å². The summed E-state index contributed by atoms with van der Waals surface area (Å²) in [7, 11) is 0. The molecule has 0 spiro atoms. The molecule has 176 valence electrons. The van der Waals surface area contributed by atoms with E-state index in [1.165, 1.54) is 0 Å². The number of alkyl halides is 1. The van der Waals surface area contributed by atoms with Gasteiger partial charge in [0.25, 0.3) is 0 Å². The van der Waals surface area contributed by atoms with Crippen LogP contribution in [0.25, 0.3) is 33.5 Å². The predicted octanol–water partition coefficient (Wildman–Crippen LogP) is 4.59. The Morgan fingerprint density at radius 2 is 2.00 bits per heavy atom. The Morgan fingerprint density at radius 1 is 1.15 bits per heavy atom. The van der Waals surface area contributed by atoms with E-state index < -0.39 is 6.17 Å². The van der Waals surface area contributed by atoms with Gasteiger partial charge in [0, 0.05) is 48.5 Å². The molecule has 0 bridgehead atoms. The topological polar surface area (TPSA) is 95.8 Å². The highest BCUT2D eigenvalue weighted by atomic mass is 19.1. The molecule has 0 amide bonds.